The van der Waals surface area contributed by atoms with Crippen molar-refractivity contribution in [1.29, 1.82) is 0 Å². The zero-order valence-corrected chi connectivity index (χ0v) is 20.7. The summed E-state index contributed by atoms with van der Waals surface area (Å²) in [6, 6.07) is 5.99. The molecule has 2 aliphatic rings. The van der Waals surface area contributed by atoms with Gasteiger partial charge in [-0.2, -0.15) is 8.42 Å². The summed E-state index contributed by atoms with van der Waals surface area (Å²) in [6.07, 6.45) is 1.61. The van der Waals surface area contributed by atoms with Crippen LogP contribution in [-0.4, -0.2) is 59.2 Å². The van der Waals surface area contributed by atoms with E-state index in [0.29, 0.717) is 5.75 Å². The lowest BCUT2D eigenvalue weighted by molar-refractivity contribution is -0.173. The molecule has 0 bridgehead atoms. The van der Waals surface area contributed by atoms with Crippen molar-refractivity contribution in [3.8, 4) is 0 Å². The van der Waals surface area contributed by atoms with Crippen LogP contribution < -0.4 is 5.73 Å². The highest BCUT2D eigenvalue weighted by molar-refractivity contribution is 8.00. The SMILES string of the molecule is CC(C)(C)C(=O)OCOC(=O)C1=CCS[C@@H]2N1C(=O)C2(C)N.Cc1ccc(S(=O)(=O)O)cc1. The van der Waals surface area contributed by atoms with Gasteiger partial charge in [0.05, 0.1) is 10.3 Å². The Balaban J connectivity index is 0.000000294. The number of benzene rings is 1. The number of thioether (sulfide) groups is 1. The van der Waals surface area contributed by atoms with Gasteiger partial charge in [-0.05, 0) is 52.8 Å². The second-order valence-corrected chi connectivity index (χ2v) is 11.3. The van der Waals surface area contributed by atoms with Crippen LogP contribution in [0.2, 0.25) is 0 Å². The maximum atomic E-state index is 12.0. The van der Waals surface area contributed by atoms with E-state index in [1.54, 1.807) is 45.9 Å². The normalized spacial score (nSPS) is 22.2. The van der Waals surface area contributed by atoms with Crippen LogP contribution in [0.4, 0.5) is 0 Å². The smallest absolute Gasteiger partial charge is 0.357 e. The second kappa shape index (κ2) is 9.84. The molecule has 33 heavy (non-hydrogen) atoms. The highest BCUT2D eigenvalue weighted by atomic mass is 32.2. The average Bonchev–Trinajstić information content (AvgIpc) is 2.72. The number of nitrogens with two attached hydrogens (primary N) is 1. The number of hydrogen-bond acceptors (Lipinski definition) is 9. The zero-order chi connectivity index (χ0) is 25.2. The van der Waals surface area contributed by atoms with Gasteiger partial charge in [0.1, 0.15) is 16.6 Å². The largest absolute Gasteiger partial charge is 0.427 e. The summed E-state index contributed by atoms with van der Waals surface area (Å²) in [6.45, 7) is 8.10. The molecule has 0 radical (unpaired) electrons. The van der Waals surface area contributed by atoms with E-state index < -0.39 is 39.8 Å². The molecule has 1 unspecified atom stereocenters. The number of amides is 1. The van der Waals surface area contributed by atoms with E-state index in [2.05, 4.69) is 0 Å². The maximum Gasteiger partial charge on any atom is 0.357 e. The Bertz CT molecular complexity index is 1060. The van der Waals surface area contributed by atoms with Crippen LogP contribution in [0.15, 0.2) is 40.9 Å². The van der Waals surface area contributed by atoms with Crippen molar-refractivity contribution in [1.82, 2.24) is 4.90 Å². The van der Waals surface area contributed by atoms with Gasteiger partial charge in [0.25, 0.3) is 16.0 Å². The zero-order valence-electron chi connectivity index (χ0n) is 19.0. The van der Waals surface area contributed by atoms with E-state index in [1.807, 2.05) is 6.92 Å². The van der Waals surface area contributed by atoms with E-state index in [9.17, 15) is 22.8 Å². The van der Waals surface area contributed by atoms with Crippen LogP contribution in [0.3, 0.4) is 0 Å². The Morgan fingerprint density at radius 2 is 1.82 bits per heavy atom. The lowest BCUT2D eigenvalue weighted by Crippen LogP contribution is -2.76. The third-order valence-electron chi connectivity index (χ3n) is 4.74. The molecule has 1 aromatic carbocycles. The molecule has 0 aromatic heterocycles. The Hall–Kier alpha value is -2.41. The highest BCUT2D eigenvalue weighted by Gasteiger charge is 2.58. The van der Waals surface area contributed by atoms with Crippen molar-refractivity contribution in [3.63, 3.8) is 0 Å². The van der Waals surface area contributed by atoms with Crippen LogP contribution in [0.1, 0.15) is 33.3 Å². The fourth-order valence-electron chi connectivity index (χ4n) is 2.79. The van der Waals surface area contributed by atoms with E-state index in [-0.39, 0.29) is 21.9 Å². The summed E-state index contributed by atoms with van der Waals surface area (Å²) < 4.78 is 39.3. The predicted octanol–water partition coefficient (Wildman–Crippen LogP) is 1.83. The Labute approximate surface area is 197 Å². The summed E-state index contributed by atoms with van der Waals surface area (Å²) in [7, 11) is -4.02. The van der Waals surface area contributed by atoms with E-state index in [4.69, 9.17) is 19.8 Å². The van der Waals surface area contributed by atoms with Crippen LogP contribution in [0.5, 0.6) is 0 Å². The van der Waals surface area contributed by atoms with Gasteiger partial charge in [0, 0.05) is 5.75 Å². The summed E-state index contributed by atoms with van der Waals surface area (Å²) >= 11 is 1.49. The first-order valence-corrected chi connectivity index (χ1v) is 12.4. The quantitative estimate of drug-likeness (QED) is 0.271. The highest BCUT2D eigenvalue weighted by Crippen LogP contribution is 2.42. The van der Waals surface area contributed by atoms with Crippen molar-refractivity contribution in [2.45, 2.75) is 50.4 Å². The molecule has 1 amide bonds. The molecule has 1 aromatic rings. The minimum absolute atomic E-state index is 0.0666. The number of β-lactam (4-membered cyclic amide) rings is 1. The van der Waals surface area contributed by atoms with Crippen molar-refractivity contribution in [3.05, 3.63) is 41.6 Å². The molecule has 0 saturated carbocycles. The molecule has 1 fully saturated rings. The fraction of sp³-hybridized carbons (Fsp3) is 0.476. The maximum absolute atomic E-state index is 12.0. The number of hydrogen-bond donors (Lipinski definition) is 2. The van der Waals surface area contributed by atoms with Crippen molar-refractivity contribution < 1.29 is 36.8 Å². The number of rotatable bonds is 4. The predicted molar refractivity (Wildman–Crippen MR) is 121 cm³/mol. The van der Waals surface area contributed by atoms with Gasteiger partial charge in [0.15, 0.2) is 0 Å². The third-order valence-corrected chi connectivity index (χ3v) is 6.98. The molecule has 12 heteroatoms. The molecule has 0 spiro atoms. The monoisotopic (exact) mass is 500 g/mol. The molecule has 0 aliphatic carbocycles. The van der Waals surface area contributed by atoms with Gasteiger partial charge < -0.3 is 15.2 Å². The fourth-order valence-corrected chi connectivity index (χ4v) is 4.51. The minimum Gasteiger partial charge on any atom is -0.427 e. The minimum atomic E-state index is -4.02. The number of ether oxygens (including phenoxy) is 2. The van der Waals surface area contributed by atoms with Gasteiger partial charge in [-0.15, -0.1) is 11.8 Å². The summed E-state index contributed by atoms with van der Waals surface area (Å²) in [5.41, 5.74) is 5.38. The van der Waals surface area contributed by atoms with E-state index in [1.165, 1.54) is 28.8 Å². The number of aryl methyl sites for hydroxylation is 1. The second-order valence-electron chi connectivity index (χ2n) is 8.75. The van der Waals surface area contributed by atoms with Crippen LogP contribution >= 0.6 is 11.8 Å². The molecule has 2 aliphatic heterocycles. The van der Waals surface area contributed by atoms with Gasteiger partial charge in [0.2, 0.25) is 6.79 Å². The molecule has 3 N–H and O–H groups in total. The molecule has 1 saturated heterocycles. The molecule has 2 atom stereocenters. The number of carbonyl (C=O) groups excluding carboxylic acids is 3. The molecule has 3 rings (SSSR count). The summed E-state index contributed by atoms with van der Waals surface area (Å²) in [5.74, 6) is -0.927. The molecular weight excluding hydrogens is 472 g/mol. The molecule has 182 valence electrons. The number of esters is 2. The average molecular weight is 501 g/mol. The Morgan fingerprint density at radius 1 is 1.24 bits per heavy atom. The van der Waals surface area contributed by atoms with Crippen molar-refractivity contribution in [2.24, 2.45) is 11.1 Å². The topological polar surface area (TPSA) is 153 Å². The van der Waals surface area contributed by atoms with Crippen molar-refractivity contribution >= 4 is 39.7 Å². The third kappa shape index (κ3) is 6.34. The van der Waals surface area contributed by atoms with E-state index in [0.717, 1.165) is 5.56 Å². The first kappa shape index (κ1) is 26.8. The van der Waals surface area contributed by atoms with Crippen LogP contribution in [0, 0.1) is 12.3 Å². The van der Waals surface area contributed by atoms with Crippen LogP contribution in [0.25, 0.3) is 0 Å². The lowest BCUT2D eigenvalue weighted by atomic mass is 9.90. The Kier molecular flexibility index (Phi) is 8.00. The van der Waals surface area contributed by atoms with Gasteiger partial charge in [-0.3, -0.25) is 19.0 Å². The first-order valence-electron chi connectivity index (χ1n) is 9.89. The molecular formula is C21H28N2O8S2. The standard InChI is InChI=1S/C14H20N2O5S.C7H8O3S/c1-13(2,3)12(19)21-7-20-9(17)8-5-6-22-11-14(4,15)10(18)16(8)11;1-6-2-4-7(5-3-6)11(8,9)10/h5,11H,6-7,15H2,1-4H3;2-5H,1H3,(H,8,9,10)/t11-,14?;/m0./s1. The van der Waals surface area contributed by atoms with Gasteiger partial charge >= 0.3 is 11.9 Å². The molecule has 2 heterocycles. The van der Waals surface area contributed by atoms with Gasteiger partial charge in [-0.1, -0.05) is 17.7 Å². The molecule has 10 nitrogen and oxygen atoms in total. The van der Waals surface area contributed by atoms with Crippen LogP contribution in [-0.2, 0) is 34.0 Å². The van der Waals surface area contributed by atoms with E-state index >= 15 is 0 Å². The first-order chi connectivity index (χ1) is 15.1. The number of nitrogens with zero attached hydrogens (tertiary/aromatic N) is 1. The summed E-state index contributed by atoms with van der Waals surface area (Å²) in [4.78, 5) is 36.9. The summed E-state index contributed by atoms with van der Waals surface area (Å²) in [5, 5.41) is -0.273. The lowest BCUT2D eigenvalue weighted by Gasteiger charge is -2.53. The van der Waals surface area contributed by atoms with Gasteiger partial charge in [-0.25, -0.2) is 4.79 Å². The number of carbonyl (C=O) groups is 3. The Morgan fingerprint density at radius 3 is 2.33 bits per heavy atom. The van der Waals surface area contributed by atoms with Crippen molar-refractivity contribution in [2.75, 3.05) is 12.5 Å². The number of fused-ring (bicyclic) bond motifs is 1.